The molecule has 1 spiro atoms. The Hall–Kier alpha value is -2.18. The van der Waals surface area contributed by atoms with Crippen molar-refractivity contribution in [2.75, 3.05) is 51.2 Å². The summed E-state index contributed by atoms with van der Waals surface area (Å²) in [5.41, 5.74) is 2.63. The number of hydrogen-bond acceptors (Lipinski definition) is 5. The van der Waals surface area contributed by atoms with Crippen LogP contribution >= 0.6 is 0 Å². The Balaban J connectivity index is 1.28. The Bertz CT molecular complexity index is 940. The monoisotopic (exact) mass is 393 g/mol. The molecule has 4 heterocycles. The predicted octanol–water partition coefficient (Wildman–Crippen LogP) is 2.05. The minimum atomic E-state index is 0.0129. The van der Waals surface area contributed by atoms with Gasteiger partial charge in [-0.25, -0.2) is 4.98 Å². The van der Waals surface area contributed by atoms with E-state index in [1.807, 2.05) is 24.5 Å². The maximum absolute atomic E-state index is 12.1. The maximum Gasteiger partial charge on any atom is 0.250 e. The average molecular weight is 394 g/mol. The van der Waals surface area contributed by atoms with Gasteiger partial charge in [0.15, 0.2) is 0 Å². The molecule has 3 aliphatic rings. The van der Waals surface area contributed by atoms with Gasteiger partial charge in [0.05, 0.1) is 0 Å². The molecule has 2 saturated heterocycles. The number of aryl methyl sites for hydroxylation is 1. The summed E-state index contributed by atoms with van der Waals surface area (Å²) in [6.45, 7) is 6.78. The van der Waals surface area contributed by atoms with E-state index in [0.29, 0.717) is 5.41 Å². The van der Waals surface area contributed by atoms with Crippen LogP contribution < -0.4 is 10.5 Å². The fraction of sp³-hybridized carbons (Fsp3) is 0.565. The number of likely N-dealkylation sites (tertiary alicyclic amines) is 1. The lowest BCUT2D eigenvalue weighted by Gasteiger charge is -2.47. The van der Waals surface area contributed by atoms with Gasteiger partial charge < -0.3 is 14.4 Å². The zero-order chi connectivity index (χ0) is 20.0. The summed E-state index contributed by atoms with van der Waals surface area (Å²) in [7, 11) is 4.02. The van der Waals surface area contributed by atoms with Gasteiger partial charge in [-0.15, -0.1) is 0 Å². The van der Waals surface area contributed by atoms with Crippen LogP contribution in [0.3, 0.4) is 0 Å². The molecule has 0 radical (unpaired) electrons. The van der Waals surface area contributed by atoms with Gasteiger partial charge in [0.1, 0.15) is 5.82 Å². The van der Waals surface area contributed by atoms with Gasteiger partial charge in [-0.3, -0.25) is 9.69 Å². The van der Waals surface area contributed by atoms with Crippen LogP contribution in [0.5, 0.6) is 0 Å². The molecule has 1 aliphatic carbocycles. The van der Waals surface area contributed by atoms with Crippen molar-refractivity contribution < 1.29 is 0 Å². The third kappa shape index (κ3) is 3.49. The molecule has 1 atom stereocenters. The highest BCUT2D eigenvalue weighted by Crippen LogP contribution is 2.46. The first-order chi connectivity index (χ1) is 14.0. The van der Waals surface area contributed by atoms with E-state index < -0.39 is 0 Å². The second-order valence-corrected chi connectivity index (χ2v) is 9.33. The van der Waals surface area contributed by atoms with Crippen molar-refractivity contribution in [3.63, 3.8) is 0 Å². The number of piperazine rings is 1. The first-order valence-corrected chi connectivity index (χ1v) is 10.8. The van der Waals surface area contributed by atoms with Gasteiger partial charge in [0.25, 0.3) is 5.56 Å². The molecule has 0 N–H and O–H groups in total. The number of aromatic nitrogens is 2. The third-order valence-corrected chi connectivity index (χ3v) is 7.22. The van der Waals surface area contributed by atoms with Crippen molar-refractivity contribution in [3.05, 3.63) is 47.0 Å². The summed E-state index contributed by atoms with van der Waals surface area (Å²) in [6.07, 6.45) is 7.82. The van der Waals surface area contributed by atoms with E-state index in [-0.39, 0.29) is 5.56 Å². The lowest BCUT2D eigenvalue weighted by molar-refractivity contribution is 0.0204. The van der Waals surface area contributed by atoms with Crippen molar-refractivity contribution in [2.24, 2.45) is 12.5 Å². The molecule has 5 rings (SSSR count). The Labute approximate surface area is 172 Å². The second kappa shape index (κ2) is 7.26. The third-order valence-electron chi connectivity index (χ3n) is 7.22. The highest BCUT2D eigenvalue weighted by atomic mass is 16.1. The molecule has 2 aliphatic heterocycles. The van der Waals surface area contributed by atoms with Crippen LogP contribution in [0.15, 0.2) is 41.5 Å². The number of anilines is 1. The van der Waals surface area contributed by atoms with Crippen molar-refractivity contribution in [3.8, 4) is 11.1 Å². The van der Waals surface area contributed by atoms with E-state index in [2.05, 4.69) is 27.8 Å². The molecule has 6 heteroatoms. The summed E-state index contributed by atoms with van der Waals surface area (Å²) in [5, 5.41) is 0. The average Bonchev–Trinajstić information content (AvgIpc) is 3.15. The molecule has 0 aromatic carbocycles. The molecule has 2 aromatic heterocycles. The van der Waals surface area contributed by atoms with Gasteiger partial charge in [-0.1, -0.05) is 0 Å². The summed E-state index contributed by atoms with van der Waals surface area (Å²) < 4.78 is 1.60. The first kappa shape index (κ1) is 18.8. The summed E-state index contributed by atoms with van der Waals surface area (Å²) in [6, 6.07) is 8.51. The Morgan fingerprint density at radius 3 is 2.62 bits per heavy atom. The standard InChI is InChI=1S/C23H31N5O/c1-25-16-23(17-25)7-5-19(15-23)27-10-12-28(13-11-27)22-20(4-3-8-24-22)18-6-9-26(2)21(29)14-18/h3-4,6,8-9,14,19H,5,7,10-13,15-17H2,1-2H3. The van der Waals surface area contributed by atoms with E-state index in [1.54, 1.807) is 17.7 Å². The Morgan fingerprint density at radius 1 is 1.10 bits per heavy atom. The second-order valence-electron chi connectivity index (χ2n) is 9.33. The van der Waals surface area contributed by atoms with Crippen molar-refractivity contribution >= 4 is 5.82 Å². The van der Waals surface area contributed by atoms with Crippen LogP contribution in [-0.4, -0.2) is 71.7 Å². The summed E-state index contributed by atoms with van der Waals surface area (Å²) >= 11 is 0. The smallest absolute Gasteiger partial charge is 0.250 e. The van der Waals surface area contributed by atoms with E-state index in [9.17, 15) is 4.79 Å². The van der Waals surface area contributed by atoms with Gasteiger partial charge in [-0.05, 0) is 55.5 Å². The maximum atomic E-state index is 12.1. The highest BCUT2D eigenvalue weighted by molar-refractivity contribution is 5.75. The lowest BCUT2D eigenvalue weighted by Crippen LogP contribution is -2.54. The number of hydrogen-bond donors (Lipinski definition) is 0. The molecule has 1 unspecified atom stereocenters. The van der Waals surface area contributed by atoms with Crippen LogP contribution in [0.2, 0.25) is 0 Å². The topological polar surface area (TPSA) is 44.6 Å². The molecular weight excluding hydrogens is 362 g/mol. The van der Waals surface area contributed by atoms with Crippen molar-refractivity contribution in [1.82, 2.24) is 19.4 Å². The molecule has 3 fully saturated rings. The van der Waals surface area contributed by atoms with Crippen LogP contribution in [0.4, 0.5) is 5.82 Å². The number of pyridine rings is 2. The van der Waals surface area contributed by atoms with E-state index in [4.69, 9.17) is 4.98 Å². The molecule has 6 nitrogen and oxygen atoms in total. The first-order valence-electron chi connectivity index (χ1n) is 10.8. The van der Waals surface area contributed by atoms with E-state index in [1.165, 1.54) is 32.4 Å². The van der Waals surface area contributed by atoms with Gasteiger partial charge in [0.2, 0.25) is 0 Å². The van der Waals surface area contributed by atoms with E-state index in [0.717, 1.165) is 49.2 Å². The minimum absolute atomic E-state index is 0.0129. The summed E-state index contributed by atoms with van der Waals surface area (Å²) in [4.78, 5) is 24.4. The van der Waals surface area contributed by atoms with Gasteiger partial charge in [0, 0.05) is 76.4 Å². The van der Waals surface area contributed by atoms with Crippen molar-refractivity contribution in [1.29, 1.82) is 0 Å². The fourth-order valence-corrected chi connectivity index (χ4v) is 5.76. The highest BCUT2D eigenvalue weighted by Gasteiger charge is 2.48. The quantitative estimate of drug-likeness (QED) is 0.799. The molecule has 154 valence electrons. The zero-order valence-electron chi connectivity index (χ0n) is 17.5. The lowest BCUT2D eigenvalue weighted by atomic mass is 9.78. The fourth-order valence-electron chi connectivity index (χ4n) is 5.76. The summed E-state index contributed by atoms with van der Waals surface area (Å²) in [5.74, 6) is 1.00. The van der Waals surface area contributed by atoms with Crippen LogP contribution in [0.1, 0.15) is 19.3 Å². The zero-order valence-corrected chi connectivity index (χ0v) is 17.5. The van der Waals surface area contributed by atoms with Crippen LogP contribution in [0.25, 0.3) is 11.1 Å². The normalized spacial score (nSPS) is 24.8. The van der Waals surface area contributed by atoms with Crippen LogP contribution in [-0.2, 0) is 7.05 Å². The number of rotatable bonds is 3. The molecule has 0 bridgehead atoms. The Kier molecular flexibility index (Phi) is 4.71. The molecular formula is C23H31N5O. The number of nitrogens with zero attached hydrogens (tertiary/aromatic N) is 5. The molecule has 1 saturated carbocycles. The molecule has 2 aromatic rings. The SMILES string of the molecule is CN1CC2(CCC(N3CCN(c4ncccc4-c4ccn(C)c(=O)c4)CC3)C2)C1. The Morgan fingerprint density at radius 2 is 1.90 bits per heavy atom. The minimum Gasteiger partial charge on any atom is -0.354 e. The molecule has 29 heavy (non-hydrogen) atoms. The predicted molar refractivity (Wildman–Crippen MR) is 116 cm³/mol. The van der Waals surface area contributed by atoms with Crippen LogP contribution in [0, 0.1) is 5.41 Å². The van der Waals surface area contributed by atoms with Gasteiger partial charge in [-0.2, -0.15) is 0 Å². The largest absolute Gasteiger partial charge is 0.354 e. The van der Waals surface area contributed by atoms with E-state index >= 15 is 0 Å². The molecule has 0 amide bonds. The van der Waals surface area contributed by atoms with Crippen molar-refractivity contribution in [2.45, 2.75) is 25.3 Å². The van der Waals surface area contributed by atoms with Gasteiger partial charge >= 0.3 is 0 Å².